The summed E-state index contributed by atoms with van der Waals surface area (Å²) in [6.45, 7) is 0. The predicted octanol–water partition coefficient (Wildman–Crippen LogP) is 0.752. The second-order valence-corrected chi connectivity index (χ2v) is 0.224. The molecule has 0 aliphatic heterocycles. The first kappa shape index (κ1) is 22.7. The molecule has 69 valence electrons. The van der Waals surface area contributed by atoms with Crippen molar-refractivity contribution in [2.24, 2.45) is 16.0 Å². The van der Waals surface area contributed by atoms with E-state index in [-0.39, 0.29) is 36.9 Å². The molecule has 0 saturated heterocycles. The summed E-state index contributed by atoms with van der Waals surface area (Å²) < 4.78 is 0. The van der Waals surface area contributed by atoms with E-state index in [1.54, 1.807) is 0 Å². The van der Waals surface area contributed by atoms with Crippen molar-refractivity contribution in [1.82, 2.24) is 0 Å². The van der Waals surface area contributed by atoms with Gasteiger partial charge in [-0.05, 0) is 0 Å². The fourth-order valence-corrected chi connectivity index (χ4v) is 0. The molecule has 0 spiro atoms. The molecule has 0 unspecified atom stereocenters. The Bertz CT molecular complexity index is 49.7. The first-order chi connectivity index (χ1) is 4.24. The Morgan fingerprint density at radius 3 is 0.700 bits per heavy atom. The van der Waals surface area contributed by atoms with Gasteiger partial charge in [0.25, 0.3) is 0 Å². The summed E-state index contributed by atoms with van der Waals surface area (Å²) in [6.07, 6.45) is 0. The molecule has 0 aromatic rings. The van der Waals surface area contributed by atoms with Crippen LogP contribution in [0.1, 0.15) is 0 Å². The van der Waals surface area contributed by atoms with Gasteiger partial charge in [-0.15, -0.1) is 16.0 Å². The zero-order valence-corrected chi connectivity index (χ0v) is 5.71. The van der Waals surface area contributed by atoms with Crippen molar-refractivity contribution in [3.63, 3.8) is 0 Å². The van der Waals surface area contributed by atoms with Crippen LogP contribution in [-0.4, -0.2) is 0 Å². The van der Waals surface area contributed by atoms with Crippen molar-refractivity contribution < 1.29 is 36.9 Å². The Morgan fingerprint density at radius 1 is 0.700 bits per heavy atom. The Kier molecular flexibility index (Phi) is 179. The van der Waals surface area contributed by atoms with E-state index >= 15 is 0 Å². The van der Waals surface area contributed by atoms with Crippen LogP contribution in [-0.2, 0) is 0 Å². The van der Waals surface area contributed by atoms with E-state index in [1.807, 2.05) is 0 Å². The first-order valence-electron chi connectivity index (χ1n) is 1.10. The van der Waals surface area contributed by atoms with E-state index in [2.05, 4.69) is 0 Å². The summed E-state index contributed by atoms with van der Waals surface area (Å²) in [4.78, 5) is 24.0. The van der Waals surface area contributed by atoms with Gasteiger partial charge in [-0.1, -0.05) is 0 Å². The Balaban J connectivity index is -0.0000000257. The third-order valence-corrected chi connectivity index (χ3v) is 0. The van der Waals surface area contributed by atoms with E-state index in [1.165, 1.54) is 0 Å². The molecule has 0 aromatic heterocycles. The van der Waals surface area contributed by atoms with Crippen molar-refractivity contribution in [3.8, 4) is 0 Å². The van der Waals surface area contributed by atoms with Gasteiger partial charge in [0.05, 0.1) is 0 Å². The van der Waals surface area contributed by atoms with Crippen molar-refractivity contribution >= 4 is 0 Å². The van der Waals surface area contributed by atoms with Gasteiger partial charge in [-0.2, -0.15) is 0 Å². The van der Waals surface area contributed by atoms with Crippen LogP contribution >= 0.6 is 0 Å². The van der Waals surface area contributed by atoms with Gasteiger partial charge in [0.1, 0.15) is 0 Å². The summed E-state index contributed by atoms with van der Waals surface area (Å²) in [5.74, 6) is 0. The second-order valence-electron chi connectivity index (χ2n) is 0.224. The molecule has 0 amide bonds. The van der Waals surface area contributed by atoms with E-state index in [0.29, 0.717) is 0 Å². The van der Waals surface area contributed by atoms with Crippen LogP contribution in [0, 0.1) is 67.2 Å². The van der Waals surface area contributed by atoms with Gasteiger partial charge >= 0.3 is 0 Å². The van der Waals surface area contributed by atoms with Crippen molar-refractivity contribution in [3.05, 3.63) is 30.3 Å². The molecular weight excluding hydrogens is 313 g/mol. The summed E-state index contributed by atoms with van der Waals surface area (Å²) in [5, 5.41) is 27.0. The molecule has 0 bridgehead atoms. The normalized spacial score (nSPS) is 3.60. The van der Waals surface area contributed by atoms with Gasteiger partial charge in [-0.3, -0.25) is 0 Å². The van der Waals surface area contributed by atoms with Gasteiger partial charge in [0, 0.05) is 36.9 Å². The molecule has 0 aromatic carbocycles. The maximum atomic E-state index is 8.00. The maximum Gasteiger partial charge on any atom is 0 e. The molecule has 10 heteroatoms. The molecule has 10 heavy (non-hydrogen) atoms. The molecule has 9 nitrogen and oxygen atoms in total. The molecule has 1 radical (unpaired) electrons. The minimum atomic E-state index is 0. The van der Waals surface area contributed by atoms with Crippen LogP contribution in [0.25, 0.3) is 0 Å². The van der Waals surface area contributed by atoms with E-state index < -0.39 is 0 Å². The molecule has 0 N–H and O–H groups in total. The van der Waals surface area contributed by atoms with Crippen LogP contribution in [0.4, 0.5) is 0 Å². The van der Waals surface area contributed by atoms with Crippen LogP contribution in [0.2, 0.25) is 0 Å². The number of nitrogens with zero attached hydrogens (tertiary/aromatic N) is 3. The SMILES string of the molecule is O=N[O-].O=N[O-].O=N[O-].[Lu]. The van der Waals surface area contributed by atoms with Gasteiger partial charge in [0.15, 0.2) is 0 Å². The number of hydrogen-bond acceptors (Lipinski definition) is 9. The van der Waals surface area contributed by atoms with Crippen LogP contribution < -0.4 is 0 Å². The molecule has 0 aliphatic rings. The average molecular weight is 313 g/mol. The fourth-order valence-electron chi connectivity index (χ4n) is 0. The first-order valence-corrected chi connectivity index (χ1v) is 1.10. The third kappa shape index (κ3) is 960. The molecule has 0 atom stereocenters. The Labute approximate surface area is 83.0 Å². The Hall–Kier alpha value is -0.566. The largest absolute Gasteiger partial charge is 0.444 e. The standard InChI is InChI=1S/Lu.3HNO2/c;3*2-1-3/h;3*(H,2,3)/p-3. The van der Waals surface area contributed by atoms with Gasteiger partial charge < -0.3 is 30.3 Å². The summed E-state index contributed by atoms with van der Waals surface area (Å²) in [5.41, 5.74) is 0. The maximum absolute atomic E-state index is 8.00. The van der Waals surface area contributed by atoms with Crippen LogP contribution in [0.5, 0.6) is 0 Å². The summed E-state index contributed by atoms with van der Waals surface area (Å²) in [7, 11) is 0. The zero-order valence-electron chi connectivity index (χ0n) is 4.05. The summed E-state index contributed by atoms with van der Waals surface area (Å²) in [6, 6.07) is 0. The number of hydrogen-bond donors (Lipinski definition) is 0. The summed E-state index contributed by atoms with van der Waals surface area (Å²) >= 11 is 0. The number of rotatable bonds is 0. The quantitative estimate of drug-likeness (QED) is 0.474. The van der Waals surface area contributed by atoms with Gasteiger partial charge in [-0.25, -0.2) is 0 Å². The molecule has 0 saturated carbocycles. The van der Waals surface area contributed by atoms with Gasteiger partial charge in [0.2, 0.25) is 0 Å². The van der Waals surface area contributed by atoms with Crippen LogP contribution in [0.15, 0.2) is 16.0 Å². The predicted molar refractivity (Wildman–Crippen MR) is 27.5 cm³/mol. The van der Waals surface area contributed by atoms with Crippen molar-refractivity contribution in [1.29, 1.82) is 0 Å². The molecular formula is LuN3O6-3. The van der Waals surface area contributed by atoms with E-state index in [0.717, 1.165) is 16.0 Å². The molecule has 0 aliphatic carbocycles. The minimum absolute atomic E-state index is 0. The molecule has 0 heterocycles. The van der Waals surface area contributed by atoms with Crippen molar-refractivity contribution in [2.75, 3.05) is 0 Å². The van der Waals surface area contributed by atoms with Crippen molar-refractivity contribution in [2.45, 2.75) is 0 Å². The fraction of sp³-hybridized carbons (Fsp3) is 0. The smallest absolute Gasteiger partial charge is 0 e. The zero-order chi connectivity index (χ0) is 8.12. The van der Waals surface area contributed by atoms with Crippen LogP contribution in [0.3, 0.4) is 0 Å². The minimum Gasteiger partial charge on any atom is -0.444 e. The average Bonchev–Trinajstić information content (AvgIpc) is 1.70. The molecule has 0 rings (SSSR count). The monoisotopic (exact) mass is 313 g/mol. The second kappa shape index (κ2) is 78.7. The molecule has 0 fully saturated rings. The topological polar surface area (TPSA) is 157 Å². The van der Waals surface area contributed by atoms with E-state index in [4.69, 9.17) is 30.3 Å². The third-order valence-electron chi connectivity index (χ3n) is 0. The Morgan fingerprint density at radius 2 is 0.700 bits per heavy atom. The van der Waals surface area contributed by atoms with E-state index in [9.17, 15) is 0 Å².